The molecule has 21 heavy (non-hydrogen) atoms. The highest BCUT2D eigenvalue weighted by atomic mass is 19.1. The molecule has 114 valence electrons. The molecule has 0 aromatic heterocycles. The maximum atomic E-state index is 13.2. The van der Waals surface area contributed by atoms with Crippen LogP contribution in [0.4, 0.5) is 4.39 Å². The second-order valence-electron chi connectivity index (χ2n) is 4.93. The molecule has 1 aromatic carbocycles. The Bertz CT molecular complexity index is 500. The first-order chi connectivity index (χ1) is 10.1. The fourth-order valence-electron chi connectivity index (χ4n) is 2.23. The van der Waals surface area contributed by atoms with Crippen LogP contribution in [0.5, 0.6) is 5.75 Å². The van der Waals surface area contributed by atoms with E-state index in [-0.39, 0.29) is 24.3 Å². The topological polar surface area (TPSA) is 64.6 Å². The monoisotopic (exact) mass is 295 g/mol. The van der Waals surface area contributed by atoms with Crippen molar-refractivity contribution >= 4 is 11.9 Å². The van der Waals surface area contributed by atoms with Gasteiger partial charge in [0, 0.05) is 6.04 Å². The second-order valence-corrected chi connectivity index (χ2v) is 4.93. The number of carbonyl (C=O) groups excluding carboxylic acids is 2. The van der Waals surface area contributed by atoms with Crippen LogP contribution in [0, 0.1) is 5.82 Å². The van der Waals surface area contributed by atoms with Crippen LogP contribution in [0.25, 0.3) is 0 Å². The third-order valence-corrected chi connectivity index (χ3v) is 3.27. The molecule has 6 heteroatoms. The van der Waals surface area contributed by atoms with Crippen molar-refractivity contribution in [2.45, 2.75) is 31.7 Å². The summed E-state index contributed by atoms with van der Waals surface area (Å²) >= 11 is 0. The van der Waals surface area contributed by atoms with Gasteiger partial charge >= 0.3 is 5.97 Å². The molecular weight excluding hydrogens is 277 g/mol. The van der Waals surface area contributed by atoms with Gasteiger partial charge in [-0.05, 0) is 25.0 Å². The smallest absolute Gasteiger partial charge is 0.344 e. The first-order valence-corrected chi connectivity index (χ1v) is 6.97. The van der Waals surface area contributed by atoms with Gasteiger partial charge in [0.15, 0.2) is 24.8 Å². The summed E-state index contributed by atoms with van der Waals surface area (Å²) in [6.45, 7) is -0.770. The molecule has 1 N–H and O–H groups in total. The molecule has 0 saturated heterocycles. The van der Waals surface area contributed by atoms with Crippen LogP contribution < -0.4 is 10.1 Å². The highest BCUT2D eigenvalue weighted by molar-refractivity contribution is 5.81. The van der Waals surface area contributed by atoms with Crippen molar-refractivity contribution in [2.24, 2.45) is 0 Å². The maximum Gasteiger partial charge on any atom is 0.344 e. The van der Waals surface area contributed by atoms with Crippen molar-refractivity contribution in [3.63, 3.8) is 0 Å². The van der Waals surface area contributed by atoms with E-state index in [1.807, 2.05) is 0 Å². The molecule has 5 nitrogen and oxygen atoms in total. The van der Waals surface area contributed by atoms with Gasteiger partial charge in [0.1, 0.15) is 0 Å². The normalized spacial score (nSPS) is 14.7. The molecule has 0 bridgehead atoms. The minimum absolute atomic E-state index is 0.0233. The van der Waals surface area contributed by atoms with E-state index in [0.29, 0.717) is 0 Å². The van der Waals surface area contributed by atoms with Crippen molar-refractivity contribution in [1.82, 2.24) is 5.32 Å². The molecule has 1 aliphatic rings. The van der Waals surface area contributed by atoms with E-state index in [9.17, 15) is 14.0 Å². The summed E-state index contributed by atoms with van der Waals surface area (Å²) in [4.78, 5) is 23.0. The zero-order valence-corrected chi connectivity index (χ0v) is 11.6. The summed E-state index contributed by atoms with van der Waals surface area (Å²) < 4.78 is 23.0. The van der Waals surface area contributed by atoms with E-state index in [2.05, 4.69) is 5.32 Å². The van der Waals surface area contributed by atoms with Crippen LogP contribution in [0.1, 0.15) is 25.7 Å². The van der Waals surface area contributed by atoms with Crippen LogP contribution in [-0.2, 0) is 14.3 Å². The molecule has 1 saturated carbocycles. The highest BCUT2D eigenvalue weighted by Gasteiger charge is 2.18. The highest BCUT2D eigenvalue weighted by Crippen LogP contribution is 2.17. The Morgan fingerprint density at radius 1 is 1.19 bits per heavy atom. The summed E-state index contributed by atoms with van der Waals surface area (Å²) in [6.07, 6.45) is 4.16. The van der Waals surface area contributed by atoms with Crippen molar-refractivity contribution in [1.29, 1.82) is 0 Å². The van der Waals surface area contributed by atoms with Gasteiger partial charge in [-0.1, -0.05) is 25.0 Å². The molecule has 1 aromatic rings. The minimum atomic E-state index is -0.708. The molecule has 1 amide bonds. The standard InChI is InChI=1S/C15H18FNO4/c16-12-7-3-4-8-13(12)20-10-15(19)21-9-14(18)17-11-5-1-2-6-11/h3-4,7-8,11H,1-2,5-6,9-10H2,(H,17,18). The minimum Gasteiger partial charge on any atom is -0.479 e. The zero-order valence-electron chi connectivity index (χ0n) is 11.6. The van der Waals surface area contributed by atoms with Crippen LogP contribution in [0.2, 0.25) is 0 Å². The third-order valence-electron chi connectivity index (χ3n) is 3.27. The molecular formula is C15H18FNO4. The number of nitrogens with one attached hydrogen (secondary N) is 1. The molecule has 0 spiro atoms. The van der Waals surface area contributed by atoms with E-state index in [0.717, 1.165) is 25.7 Å². The summed E-state index contributed by atoms with van der Waals surface area (Å²) in [5.41, 5.74) is 0. The van der Waals surface area contributed by atoms with Crippen molar-refractivity contribution in [2.75, 3.05) is 13.2 Å². The predicted molar refractivity (Wildman–Crippen MR) is 73.3 cm³/mol. The second kappa shape index (κ2) is 7.61. The largest absolute Gasteiger partial charge is 0.479 e. The van der Waals surface area contributed by atoms with Gasteiger partial charge in [-0.25, -0.2) is 9.18 Å². The lowest BCUT2D eigenvalue weighted by Gasteiger charge is -2.12. The number of rotatable bonds is 6. The number of ether oxygens (including phenoxy) is 2. The quantitative estimate of drug-likeness (QED) is 0.813. The fraction of sp³-hybridized carbons (Fsp3) is 0.467. The lowest BCUT2D eigenvalue weighted by molar-refractivity contribution is -0.150. The number of halogens is 1. The van der Waals surface area contributed by atoms with Crippen molar-refractivity contribution in [3.8, 4) is 5.75 Å². The predicted octanol–water partition coefficient (Wildman–Crippen LogP) is 1.81. The number of carbonyl (C=O) groups is 2. The summed E-state index contributed by atoms with van der Waals surface area (Å²) in [5.74, 6) is -1.60. The van der Waals surface area contributed by atoms with Gasteiger partial charge in [0.2, 0.25) is 0 Å². The van der Waals surface area contributed by atoms with Crippen LogP contribution in [0.3, 0.4) is 0 Å². The fourth-order valence-corrected chi connectivity index (χ4v) is 2.23. The lowest BCUT2D eigenvalue weighted by Crippen LogP contribution is -2.36. The average molecular weight is 295 g/mol. The first-order valence-electron chi connectivity index (χ1n) is 6.97. The molecule has 1 aliphatic carbocycles. The van der Waals surface area contributed by atoms with Crippen molar-refractivity contribution < 1.29 is 23.5 Å². The Kier molecular flexibility index (Phi) is 5.54. The van der Waals surface area contributed by atoms with Gasteiger partial charge in [-0.15, -0.1) is 0 Å². The number of hydrogen-bond acceptors (Lipinski definition) is 4. The zero-order chi connectivity index (χ0) is 15.1. The summed E-state index contributed by atoms with van der Waals surface area (Å²) in [5, 5.41) is 2.80. The average Bonchev–Trinajstić information content (AvgIpc) is 2.97. The lowest BCUT2D eigenvalue weighted by atomic mass is 10.2. The number of para-hydroxylation sites is 1. The van der Waals surface area contributed by atoms with Crippen LogP contribution >= 0.6 is 0 Å². The maximum absolute atomic E-state index is 13.2. The molecule has 0 radical (unpaired) electrons. The van der Waals surface area contributed by atoms with Gasteiger partial charge in [-0.2, -0.15) is 0 Å². The van der Waals surface area contributed by atoms with Crippen LogP contribution in [-0.4, -0.2) is 31.1 Å². The van der Waals surface area contributed by atoms with Gasteiger partial charge in [-0.3, -0.25) is 4.79 Å². The molecule has 0 unspecified atom stereocenters. The van der Waals surface area contributed by atoms with Gasteiger partial charge in [0.05, 0.1) is 0 Å². The number of esters is 1. The number of benzene rings is 1. The Morgan fingerprint density at radius 2 is 1.90 bits per heavy atom. The number of amides is 1. The molecule has 2 rings (SSSR count). The van der Waals surface area contributed by atoms with E-state index in [1.165, 1.54) is 18.2 Å². The van der Waals surface area contributed by atoms with Crippen LogP contribution in [0.15, 0.2) is 24.3 Å². The van der Waals surface area contributed by atoms with Gasteiger partial charge < -0.3 is 14.8 Å². The molecule has 0 aliphatic heterocycles. The van der Waals surface area contributed by atoms with E-state index >= 15 is 0 Å². The number of hydrogen-bond donors (Lipinski definition) is 1. The molecule has 0 atom stereocenters. The van der Waals surface area contributed by atoms with Crippen molar-refractivity contribution in [3.05, 3.63) is 30.1 Å². The Morgan fingerprint density at radius 3 is 2.62 bits per heavy atom. The summed E-state index contributed by atoms with van der Waals surface area (Å²) in [6, 6.07) is 5.95. The van der Waals surface area contributed by atoms with E-state index in [4.69, 9.17) is 9.47 Å². The third kappa shape index (κ3) is 5.06. The van der Waals surface area contributed by atoms with Gasteiger partial charge in [0.25, 0.3) is 5.91 Å². The van der Waals surface area contributed by atoms with E-state index in [1.54, 1.807) is 6.07 Å². The Hall–Kier alpha value is -2.11. The Labute approximate surface area is 122 Å². The molecule has 0 heterocycles. The molecule has 1 fully saturated rings. The SMILES string of the molecule is O=C(COC(=O)COc1ccccc1F)NC1CCCC1. The van der Waals surface area contributed by atoms with E-state index < -0.39 is 18.4 Å². The Balaban J connectivity index is 1.65. The first kappa shape index (κ1) is 15.3. The summed E-state index contributed by atoms with van der Waals surface area (Å²) in [7, 11) is 0.